The molecule has 1 aromatic carbocycles. The van der Waals surface area contributed by atoms with Crippen molar-refractivity contribution in [3.05, 3.63) is 29.8 Å². The van der Waals surface area contributed by atoms with E-state index in [-0.39, 0.29) is 18.1 Å². The van der Waals surface area contributed by atoms with E-state index in [2.05, 4.69) is 0 Å². The Kier molecular flexibility index (Phi) is 5.28. The summed E-state index contributed by atoms with van der Waals surface area (Å²) in [5.41, 5.74) is -1.19. The topological polar surface area (TPSA) is 40.6 Å². The monoisotopic (exact) mass is 328 g/mol. The van der Waals surface area contributed by atoms with Crippen molar-refractivity contribution in [2.75, 3.05) is 24.5 Å². The van der Waals surface area contributed by atoms with Gasteiger partial charge in [0.05, 0.1) is 11.3 Å². The average molecular weight is 328 g/mol. The number of piperidine rings is 1. The molecule has 1 fully saturated rings. The normalized spacial score (nSPS) is 15.4. The van der Waals surface area contributed by atoms with Gasteiger partial charge < -0.3 is 9.80 Å². The summed E-state index contributed by atoms with van der Waals surface area (Å²) in [7, 11) is 0. The number of carbonyl (C=O) groups excluding carboxylic acids is 2. The molecule has 0 unspecified atom stereocenters. The number of anilines is 1. The molecule has 23 heavy (non-hydrogen) atoms. The van der Waals surface area contributed by atoms with Crippen molar-refractivity contribution < 1.29 is 22.8 Å². The Morgan fingerprint density at radius 1 is 1.13 bits per heavy atom. The van der Waals surface area contributed by atoms with Gasteiger partial charge in [0.1, 0.15) is 6.54 Å². The molecule has 0 aromatic heterocycles. The number of rotatable bonds is 3. The van der Waals surface area contributed by atoms with Crippen molar-refractivity contribution in [2.45, 2.75) is 32.4 Å². The van der Waals surface area contributed by atoms with Gasteiger partial charge in [-0.25, -0.2) is 0 Å². The third kappa shape index (κ3) is 4.24. The van der Waals surface area contributed by atoms with E-state index < -0.39 is 17.6 Å². The molecular formula is C16H19F3N2O2. The minimum atomic E-state index is -4.58. The highest BCUT2D eigenvalue weighted by Crippen LogP contribution is 2.36. The van der Waals surface area contributed by atoms with Gasteiger partial charge in [0.15, 0.2) is 0 Å². The van der Waals surface area contributed by atoms with Crippen molar-refractivity contribution >= 4 is 17.5 Å². The van der Waals surface area contributed by atoms with Crippen molar-refractivity contribution in [3.63, 3.8) is 0 Å². The molecule has 1 aliphatic rings. The van der Waals surface area contributed by atoms with Crippen molar-refractivity contribution in [1.82, 2.24) is 4.90 Å². The van der Waals surface area contributed by atoms with Gasteiger partial charge in [0, 0.05) is 20.0 Å². The van der Waals surface area contributed by atoms with Crippen LogP contribution in [0.25, 0.3) is 0 Å². The molecule has 0 spiro atoms. The molecule has 126 valence electrons. The summed E-state index contributed by atoms with van der Waals surface area (Å²) in [6.07, 6.45) is -1.79. The molecule has 1 aromatic rings. The largest absolute Gasteiger partial charge is 0.418 e. The highest BCUT2D eigenvalue weighted by atomic mass is 19.4. The fourth-order valence-corrected chi connectivity index (χ4v) is 2.69. The Balaban J connectivity index is 2.26. The molecule has 0 radical (unpaired) electrons. The summed E-state index contributed by atoms with van der Waals surface area (Å²) < 4.78 is 39.4. The maximum Gasteiger partial charge on any atom is 0.418 e. The van der Waals surface area contributed by atoms with Gasteiger partial charge in [-0.05, 0) is 31.4 Å². The predicted molar refractivity (Wildman–Crippen MR) is 79.9 cm³/mol. The summed E-state index contributed by atoms with van der Waals surface area (Å²) in [5, 5.41) is 0. The maximum atomic E-state index is 13.1. The van der Waals surface area contributed by atoms with Gasteiger partial charge in [-0.3, -0.25) is 9.59 Å². The molecule has 0 atom stereocenters. The van der Waals surface area contributed by atoms with Gasteiger partial charge in [0.2, 0.25) is 11.8 Å². The van der Waals surface area contributed by atoms with Crippen LogP contribution in [-0.4, -0.2) is 36.3 Å². The molecule has 7 heteroatoms. The second-order valence-electron chi connectivity index (χ2n) is 5.56. The number of hydrogen-bond donors (Lipinski definition) is 0. The highest BCUT2D eigenvalue weighted by molar-refractivity contribution is 5.98. The molecule has 1 heterocycles. The van der Waals surface area contributed by atoms with Crippen molar-refractivity contribution in [2.24, 2.45) is 0 Å². The summed E-state index contributed by atoms with van der Waals surface area (Å²) in [5.74, 6) is -0.913. The first-order valence-electron chi connectivity index (χ1n) is 7.53. The molecular weight excluding hydrogens is 309 g/mol. The number of amides is 2. The van der Waals surface area contributed by atoms with Gasteiger partial charge in [0.25, 0.3) is 0 Å². The first-order valence-corrected chi connectivity index (χ1v) is 7.53. The lowest BCUT2D eigenvalue weighted by atomic mass is 10.1. The van der Waals surface area contributed by atoms with Crippen molar-refractivity contribution in [1.29, 1.82) is 0 Å². The fourth-order valence-electron chi connectivity index (χ4n) is 2.69. The Morgan fingerprint density at radius 2 is 1.74 bits per heavy atom. The van der Waals surface area contributed by atoms with E-state index in [0.29, 0.717) is 13.1 Å². The van der Waals surface area contributed by atoms with Gasteiger partial charge in [-0.1, -0.05) is 12.1 Å². The molecule has 2 rings (SSSR count). The summed E-state index contributed by atoms with van der Waals surface area (Å²) in [6, 6.07) is 4.81. The second kappa shape index (κ2) is 7.02. The van der Waals surface area contributed by atoms with Crippen LogP contribution >= 0.6 is 0 Å². The average Bonchev–Trinajstić information content (AvgIpc) is 2.52. The van der Waals surface area contributed by atoms with Gasteiger partial charge >= 0.3 is 6.18 Å². The van der Waals surface area contributed by atoms with Crippen LogP contribution < -0.4 is 4.90 Å². The predicted octanol–water partition coefficient (Wildman–Crippen LogP) is 3.07. The molecule has 0 bridgehead atoms. The van der Waals surface area contributed by atoms with E-state index in [1.54, 1.807) is 4.90 Å². The first-order chi connectivity index (χ1) is 10.8. The highest BCUT2D eigenvalue weighted by Gasteiger charge is 2.36. The standard InChI is InChI=1S/C16H19F3N2O2/c1-12(22)21(11-15(23)20-9-5-2-6-10-20)14-8-4-3-7-13(14)16(17,18)19/h3-4,7-8H,2,5-6,9-11H2,1H3. The minimum Gasteiger partial charge on any atom is -0.341 e. The Hall–Kier alpha value is -2.05. The molecule has 2 amide bonds. The van der Waals surface area contributed by atoms with Crippen LogP contribution in [0.4, 0.5) is 18.9 Å². The third-order valence-corrected chi connectivity index (χ3v) is 3.88. The van der Waals surface area contributed by atoms with E-state index in [4.69, 9.17) is 0 Å². The second-order valence-corrected chi connectivity index (χ2v) is 5.56. The number of halogens is 3. The molecule has 0 saturated carbocycles. The zero-order valence-corrected chi connectivity index (χ0v) is 12.9. The van der Waals surface area contributed by atoms with E-state index in [1.807, 2.05) is 0 Å². The van der Waals surface area contributed by atoms with E-state index in [1.165, 1.54) is 18.2 Å². The maximum absolute atomic E-state index is 13.1. The molecule has 1 saturated heterocycles. The van der Waals surface area contributed by atoms with Gasteiger partial charge in [-0.2, -0.15) is 13.2 Å². The Morgan fingerprint density at radius 3 is 2.30 bits per heavy atom. The van der Waals surface area contributed by atoms with Crippen LogP contribution in [0.15, 0.2) is 24.3 Å². The summed E-state index contributed by atoms with van der Waals surface area (Å²) in [4.78, 5) is 26.6. The van der Waals surface area contributed by atoms with Crippen LogP contribution in [0, 0.1) is 0 Å². The SMILES string of the molecule is CC(=O)N(CC(=O)N1CCCCC1)c1ccccc1C(F)(F)F. The number of hydrogen-bond acceptors (Lipinski definition) is 2. The number of alkyl halides is 3. The summed E-state index contributed by atoms with van der Waals surface area (Å²) >= 11 is 0. The fraction of sp³-hybridized carbons (Fsp3) is 0.500. The van der Waals surface area contributed by atoms with E-state index in [0.717, 1.165) is 37.2 Å². The first kappa shape index (κ1) is 17.3. The zero-order valence-electron chi connectivity index (χ0n) is 12.9. The lowest BCUT2D eigenvalue weighted by Crippen LogP contribution is -2.44. The molecule has 1 aliphatic heterocycles. The van der Waals surface area contributed by atoms with Crippen LogP contribution in [0.3, 0.4) is 0 Å². The molecule has 4 nitrogen and oxygen atoms in total. The smallest absolute Gasteiger partial charge is 0.341 e. The van der Waals surface area contributed by atoms with Crippen LogP contribution in [0.1, 0.15) is 31.7 Å². The Bertz CT molecular complexity index is 581. The minimum absolute atomic E-state index is 0.280. The third-order valence-electron chi connectivity index (χ3n) is 3.88. The van der Waals surface area contributed by atoms with Crippen molar-refractivity contribution in [3.8, 4) is 0 Å². The molecule has 0 N–H and O–H groups in total. The molecule has 0 aliphatic carbocycles. The number of para-hydroxylation sites is 1. The quantitative estimate of drug-likeness (QED) is 0.855. The van der Waals surface area contributed by atoms with Crippen LogP contribution in [0.2, 0.25) is 0 Å². The zero-order chi connectivity index (χ0) is 17.0. The lowest BCUT2D eigenvalue weighted by molar-refractivity contribution is -0.137. The van der Waals surface area contributed by atoms with Crippen LogP contribution in [0.5, 0.6) is 0 Å². The van der Waals surface area contributed by atoms with E-state index in [9.17, 15) is 22.8 Å². The lowest BCUT2D eigenvalue weighted by Gasteiger charge is -2.30. The number of likely N-dealkylation sites (tertiary alicyclic amines) is 1. The van der Waals surface area contributed by atoms with Gasteiger partial charge in [-0.15, -0.1) is 0 Å². The number of nitrogens with zero attached hydrogens (tertiary/aromatic N) is 2. The van der Waals surface area contributed by atoms with E-state index >= 15 is 0 Å². The number of carbonyl (C=O) groups is 2. The summed E-state index contributed by atoms with van der Waals surface area (Å²) in [6.45, 7) is 1.97. The Labute approximate surface area is 132 Å². The van der Waals surface area contributed by atoms with Crippen LogP contribution in [-0.2, 0) is 15.8 Å². The number of benzene rings is 1.